The molecule has 104 valence electrons. The quantitative estimate of drug-likeness (QED) is 0.690. The molecular weight excluding hydrogens is 287 g/mol. The Labute approximate surface area is 118 Å². The van der Waals surface area contributed by atoms with Gasteiger partial charge in [0, 0.05) is 18.2 Å². The highest BCUT2D eigenvalue weighted by atomic mass is 35.5. The van der Waals surface area contributed by atoms with Gasteiger partial charge < -0.3 is 10.5 Å². The molecule has 2 aromatic carbocycles. The summed E-state index contributed by atoms with van der Waals surface area (Å²) in [7, 11) is 0. The van der Waals surface area contributed by atoms with Gasteiger partial charge >= 0.3 is 5.69 Å². The summed E-state index contributed by atoms with van der Waals surface area (Å²) in [6, 6.07) is 8.29. The number of nitrogens with zero attached hydrogens (tertiary/aromatic N) is 1. The van der Waals surface area contributed by atoms with Gasteiger partial charge in [0.25, 0.3) is 0 Å². The van der Waals surface area contributed by atoms with Crippen molar-refractivity contribution in [3.05, 3.63) is 62.9 Å². The molecular formula is C13H10ClFN2O3. The highest BCUT2D eigenvalue weighted by molar-refractivity contribution is 6.32. The molecule has 0 radical (unpaired) electrons. The zero-order valence-corrected chi connectivity index (χ0v) is 10.9. The molecule has 0 saturated heterocycles. The van der Waals surface area contributed by atoms with Crippen LogP contribution in [-0.2, 0) is 6.54 Å². The van der Waals surface area contributed by atoms with Gasteiger partial charge in [-0.1, -0.05) is 29.8 Å². The summed E-state index contributed by atoms with van der Waals surface area (Å²) in [4.78, 5) is 10.3. The van der Waals surface area contributed by atoms with E-state index in [-0.39, 0.29) is 28.8 Å². The molecule has 0 bridgehead atoms. The predicted octanol–water partition coefficient (Wildman–Crippen LogP) is 3.64. The van der Waals surface area contributed by atoms with E-state index in [0.717, 1.165) is 0 Å². The minimum Gasteiger partial charge on any atom is -0.445 e. The van der Waals surface area contributed by atoms with Gasteiger partial charge in [-0.3, -0.25) is 10.1 Å². The average molecular weight is 297 g/mol. The number of benzene rings is 2. The molecule has 0 aliphatic rings. The standard InChI is InChI=1S/C13H10ClFN2O3/c14-9-4-2-6-11(17(18)19)13(9)20-12-8(7-16)3-1-5-10(12)15/h1-6H,7,16H2. The fraction of sp³-hybridized carbons (Fsp3) is 0.0769. The van der Waals surface area contributed by atoms with Crippen LogP contribution in [0.15, 0.2) is 36.4 Å². The Morgan fingerprint density at radius 2 is 1.95 bits per heavy atom. The first-order chi connectivity index (χ1) is 9.54. The van der Waals surface area contributed by atoms with Crippen LogP contribution in [0.4, 0.5) is 10.1 Å². The van der Waals surface area contributed by atoms with Crippen LogP contribution in [0, 0.1) is 15.9 Å². The van der Waals surface area contributed by atoms with E-state index in [9.17, 15) is 14.5 Å². The number of hydrogen-bond donors (Lipinski definition) is 1. The number of nitro groups is 1. The van der Waals surface area contributed by atoms with Gasteiger partial charge in [0.2, 0.25) is 5.75 Å². The van der Waals surface area contributed by atoms with E-state index in [1.54, 1.807) is 6.07 Å². The van der Waals surface area contributed by atoms with Crippen molar-refractivity contribution in [2.24, 2.45) is 5.73 Å². The van der Waals surface area contributed by atoms with Gasteiger partial charge in [0.1, 0.15) is 0 Å². The molecule has 0 saturated carbocycles. The van der Waals surface area contributed by atoms with Gasteiger partial charge in [0.15, 0.2) is 11.6 Å². The van der Waals surface area contributed by atoms with Crippen molar-refractivity contribution in [2.75, 3.05) is 0 Å². The van der Waals surface area contributed by atoms with Crippen molar-refractivity contribution in [3.63, 3.8) is 0 Å². The molecule has 7 heteroatoms. The van der Waals surface area contributed by atoms with Crippen molar-refractivity contribution in [1.82, 2.24) is 0 Å². The molecule has 2 N–H and O–H groups in total. The van der Waals surface area contributed by atoms with Crippen LogP contribution in [0.25, 0.3) is 0 Å². The van der Waals surface area contributed by atoms with Crippen LogP contribution in [0.2, 0.25) is 5.02 Å². The minimum atomic E-state index is -0.665. The van der Waals surface area contributed by atoms with Gasteiger partial charge in [-0.15, -0.1) is 0 Å². The molecule has 0 heterocycles. The maximum absolute atomic E-state index is 13.8. The Balaban J connectivity index is 2.53. The molecule has 5 nitrogen and oxygen atoms in total. The smallest absolute Gasteiger partial charge is 0.313 e. The lowest BCUT2D eigenvalue weighted by Gasteiger charge is -2.12. The number of nitro benzene ring substituents is 1. The van der Waals surface area contributed by atoms with Crippen molar-refractivity contribution in [3.8, 4) is 11.5 Å². The fourth-order valence-corrected chi connectivity index (χ4v) is 1.88. The second-order valence-electron chi connectivity index (χ2n) is 3.88. The second kappa shape index (κ2) is 5.85. The Morgan fingerprint density at radius 1 is 1.25 bits per heavy atom. The van der Waals surface area contributed by atoms with Crippen molar-refractivity contribution < 1.29 is 14.1 Å². The summed E-state index contributed by atoms with van der Waals surface area (Å²) in [5.41, 5.74) is 5.54. The topological polar surface area (TPSA) is 78.4 Å². The first kappa shape index (κ1) is 14.2. The molecule has 0 amide bonds. The van der Waals surface area contributed by atoms with E-state index in [1.165, 1.54) is 30.3 Å². The number of rotatable bonds is 4. The number of para-hydroxylation sites is 2. The van der Waals surface area contributed by atoms with Crippen molar-refractivity contribution >= 4 is 17.3 Å². The summed E-state index contributed by atoms with van der Waals surface area (Å²) in [6.07, 6.45) is 0. The van der Waals surface area contributed by atoms with E-state index in [0.29, 0.717) is 5.56 Å². The van der Waals surface area contributed by atoms with E-state index in [2.05, 4.69) is 0 Å². The SMILES string of the molecule is NCc1cccc(F)c1Oc1c(Cl)cccc1[N+](=O)[O-]. The van der Waals surface area contributed by atoms with Gasteiger partial charge in [-0.25, -0.2) is 4.39 Å². The van der Waals surface area contributed by atoms with Crippen LogP contribution in [-0.4, -0.2) is 4.92 Å². The summed E-state index contributed by atoms with van der Waals surface area (Å²) in [6.45, 7) is 0.0331. The van der Waals surface area contributed by atoms with Crippen molar-refractivity contribution in [1.29, 1.82) is 0 Å². The van der Waals surface area contributed by atoms with E-state index in [1.807, 2.05) is 0 Å². The molecule has 0 aliphatic heterocycles. The Morgan fingerprint density at radius 3 is 2.60 bits per heavy atom. The zero-order valence-electron chi connectivity index (χ0n) is 10.2. The molecule has 20 heavy (non-hydrogen) atoms. The number of nitrogens with two attached hydrogens (primary N) is 1. The first-order valence-corrected chi connectivity index (χ1v) is 6.00. The Bertz CT molecular complexity index is 664. The average Bonchev–Trinajstić information content (AvgIpc) is 2.42. The Kier molecular flexibility index (Phi) is 4.16. The van der Waals surface area contributed by atoms with E-state index < -0.39 is 10.7 Å². The van der Waals surface area contributed by atoms with Gasteiger partial charge in [0.05, 0.1) is 9.95 Å². The summed E-state index contributed by atoms with van der Waals surface area (Å²) in [5, 5.41) is 11.0. The van der Waals surface area contributed by atoms with Crippen LogP contribution in [0.3, 0.4) is 0 Å². The molecule has 0 fully saturated rings. The van der Waals surface area contributed by atoms with E-state index in [4.69, 9.17) is 22.1 Å². The monoisotopic (exact) mass is 296 g/mol. The van der Waals surface area contributed by atoms with E-state index >= 15 is 0 Å². The lowest BCUT2D eigenvalue weighted by atomic mass is 10.2. The number of halogens is 2. The third kappa shape index (κ3) is 2.71. The van der Waals surface area contributed by atoms with Gasteiger partial charge in [-0.05, 0) is 12.1 Å². The normalized spacial score (nSPS) is 10.3. The number of ether oxygens (including phenoxy) is 1. The molecule has 0 aromatic heterocycles. The molecule has 0 atom stereocenters. The highest BCUT2D eigenvalue weighted by Gasteiger charge is 2.21. The van der Waals surface area contributed by atoms with Gasteiger partial charge in [-0.2, -0.15) is 0 Å². The molecule has 0 unspecified atom stereocenters. The third-order valence-electron chi connectivity index (χ3n) is 2.62. The highest BCUT2D eigenvalue weighted by Crippen LogP contribution is 2.39. The second-order valence-corrected chi connectivity index (χ2v) is 4.29. The number of hydrogen-bond acceptors (Lipinski definition) is 4. The Hall–Kier alpha value is -2.18. The molecule has 2 rings (SSSR count). The molecule has 0 spiro atoms. The maximum Gasteiger partial charge on any atom is 0.313 e. The summed E-state index contributed by atoms with van der Waals surface area (Å²) >= 11 is 5.89. The maximum atomic E-state index is 13.8. The van der Waals surface area contributed by atoms with Crippen LogP contribution in [0.1, 0.15) is 5.56 Å². The summed E-state index contributed by atoms with van der Waals surface area (Å²) < 4.78 is 19.1. The third-order valence-corrected chi connectivity index (χ3v) is 2.91. The predicted molar refractivity (Wildman–Crippen MR) is 72.5 cm³/mol. The molecule has 2 aromatic rings. The van der Waals surface area contributed by atoms with Crippen LogP contribution in [0.5, 0.6) is 11.5 Å². The zero-order chi connectivity index (χ0) is 14.7. The fourth-order valence-electron chi connectivity index (χ4n) is 1.67. The largest absolute Gasteiger partial charge is 0.445 e. The van der Waals surface area contributed by atoms with Crippen LogP contribution < -0.4 is 10.5 Å². The van der Waals surface area contributed by atoms with Crippen molar-refractivity contribution in [2.45, 2.75) is 6.54 Å². The first-order valence-electron chi connectivity index (χ1n) is 5.62. The summed E-state index contributed by atoms with van der Waals surface area (Å²) in [5.74, 6) is -1.03. The lowest BCUT2D eigenvalue weighted by Crippen LogP contribution is -2.02. The molecule has 0 aliphatic carbocycles. The lowest BCUT2D eigenvalue weighted by molar-refractivity contribution is -0.385. The van der Waals surface area contributed by atoms with Crippen LogP contribution >= 0.6 is 11.6 Å². The minimum absolute atomic E-state index is 0.0189.